The summed E-state index contributed by atoms with van der Waals surface area (Å²) in [5.41, 5.74) is -0.582. The van der Waals surface area contributed by atoms with E-state index in [0.29, 0.717) is 5.56 Å². The van der Waals surface area contributed by atoms with Gasteiger partial charge in [0.15, 0.2) is 5.75 Å². The number of nitrogens with zero attached hydrogens (tertiary/aromatic N) is 1. The van der Waals surface area contributed by atoms with Gasteiger partial charge in [-0.2, -0.15) is 0 Å². The van der Waals surface area contributed by atoms with Crippen molar-refractivity contribution in [3.8, 4) is 5.75 Å². The smallest absolute Gasteiger partial charge is 0.329 e. The lowest BCUT2D eigenvalue weighted by atomic mass is 10.0. The SMILES string of the molecule is CNC(C)(COc1c(C)cccc1[N+](=O)[O-])C(=O)OC. The summed E-state index contributed by atoms with van der Waals surface area (Å²) in [4.78, 5) is 22.2. The number of methoxy groups -OCH3 is 1. The molecule has 0 aliphatic rings. The largest absolute Gasteiger partial charge is 0.484 e. The Kier molecular flexibility index (Phi) is 5.04. The van der Waals surface area contributed by atoms with E-state index in [9.17, 15) is 14.9 Å². The van der Waals surface area contributed by atoms with Crippen LogP contribution in [0.5, 0.6) is 5.75 Å². The van der Waals surface area contributed by atoms with Crippen LogP contribution in [0.15, 0.2) is 18.2 Å². The standard InChI is InChI=1S/C13H18N2O5/c1-9-6-5-7-10(15(17)18)11(9)20-8-13(2,14-3)12(16)19-4/h5-7,14H,8H2,1-4H3. The number of carbonyl (C=O) groups is 1. The van der Waals surface area contributed by atoms with E-state index in [0.717, 1.165) is 0 Å². The first-order valence-electron chi connectivity index (χ1n) is 6.00. The van der Waals surface area contributed by atoms with E-state index < -0.39 is 16.4 Å². The van der Waals surface area contributed by atoms with Gasteiger partial charge in [0.25, 0.3) is 0 Å². The van der Waals surface area contributed by atoms with Crippen LogP contribution in [-0.4, -0.2) is 37.2 Å². The number of para-hydroxylation sites is 1. The molecule has 1 atom stereocenters. The first-order chi connectivity index (χ1) is 9.35. The molecule has 0 aliphatic carbocycles. The van der Waals surface area contributed by atoms with Crippen LogP contribution in [0.25, 0.3) is 0 Å². The van der Waals surface area contributed by atoms with E-state index in [2.05, 4.69) is 10.1 Å². The molecule has 7 heteroatoms. The second kappa shape index (κ2) is 6.33. The molecule has 0 fully saturated rings. The molecule has 0 bridgehead atoms. The van der Waals surface area contributed by atoms with Crippen molar-refractivity contribution in [2.24, 2.45) is 0 Å². The van der Waals surface area contributed by atoms with E-state index in [1.807, 2.05) is 0 Å². The van der Waals surface area contributed by atoms with E-state index in [4.69, 9.17) is 4.74 Å². The van der Waals surface area contributed by atoms with Crippen LogP contribution in [0.1, 0.15) is 12.5 Å². The van der Waals surface area contributed by atoms with E-state index in [-0.39, 0.29) is 18.0 Å². The molecule has 0 spiro atoms. The predicted molar refractivity (Wildman–Crippen MR) is 72.8 cm³/mol. The van der Waals surface area contributed by atoms with Crippen molar-refractivity contribution >= 4 is 11.7 Å². The zero-order valence-electron chi connectivity index (χ0n) is 11.9. The summed E-state index contributed by atoms with van der Waals surface area (Å²) in [6.07, 6.45) is 0. The third kappa shape index (κ3) is 3.24. The number of hydrogen-bond donors (Lipinski definition) is 1. The molecule has 7 nitrogen and oxygen atoms in total. The zero-order chi connectivity index (χ0) is 15.3. The Bertz CT molecular complexity index is 517. The minimum absolute atomic E-state index is 0.0815. The summed E-state index contributed by atoms with van der Waals surface area (Å²) in [6.45, 7) is 3.22. The van der Waals surface area contributed by atoms with Crippen LogP contribution in [0.3, 0.4) is 0 Å². The van der Waals surface area contributed by atoms with Gasteiger partial charge in [0.2, 0.25) is 0 Å². The Morgan fingerprint density at radius 2 is 2.15 bits per heavy atom. The number of nitro benzene ring substituents is 1. The molecule has 1 N–H and O–H groups in total. The molecule has 0 saturated carbocycles. The maximum absolute atomic E-state index is 11.7. The Morgan fingerprint density at radius 3 is 2.65 bits per heavy atom. The molecule has 1 unspecified atom stereocenters. The van der Waals surface area contributed by atoms with Gasteiger partial charge in [-0.15, -0.1) is 0 Å². The monoisotopic (exact) mass is 282 g/mol. The number of hydrogen-bond acceptors (Lipinski definition) is 6. The summed E-state index contributed by atoms with van der Waals surface area (Å²) < 4.78 is 10.2. The summed E-state index contributed by atoms with van der Waals surface area (Å²) in [5.74, 6) is -0.348. The van der Waals surface area contributed by atoms with Gasteiger partial charge in [-0.05, 0) is 26.5 Å². The van der Waals surface area contributed by atoms with Gasteiger partial charge in [-0.25, -0.2) is 4.79 Å². The van der Waals surface area contributed by atoms with Crippen molar-refractivity contribution in [1.29, 1.82) is 0 Å². The molecule has 0 saturated heterocycles. The van der Waals surface area contributed by atoms with Crippen molar-refractivity contribution in [1.82, 2.24) is 5.32 Å². The highest BCUT2D eigenvalue weighted by Crippen LogP contribution is 2.30. The first-order valence-corrected chi connectivity index (χ1v) is 6.00. The molecular formula is C13H18N2O5. The van der Waals surface area contributed by atoms with Crippen LogP contribution in [-0.2, 0) is 9.53 Å². The zero-order valence-corrected chi connectivity index (χ0v) is 11.9. The quantitative estimate of drug-likeness (QED) is 0.482. The predicted octanol–water partition coefficient (Wildman–Crippen LogP) is 1.43. The highest BCUT2D eigenvalue weighted by atomic mass is 16.6. The van der Waals surface area contributed by atoms with Gasteiger partial charge >= 0.3 is 11.7 Å². The number of nitro groups is 1. The van der Waals surface area contributed by atoms with E-state index >= 15 is 0 Å². The summed E-state index contributed by atoms with van der Waals surface area (Å²) in [5, 5.41) is 13.8. The second-order valence-electron chi connectivity index (χ2n) is 4.54. The molecule has 1 aromatic carbocycles. The van der Waals surface area contributed by atoms with Crippen LogP contribution in [0.2, 0.25) is 0 Å². The van der Waals surface area contributed by atoms with Crippen LogP contribution >= 0.6 is 0 Å². The maximum Gasteiger partial charge on any atom is 0.329 e. The average Bonchev–Trinajstić information content (AvgIpc) is 2.44. The van der Waals surface area contributed by atoms with Gasteiger partial charge in [0.1, 0.15) is 12.1 Å². The molecule has 0 heterocycles. The topological polar surface area (TPSA) is 90.7 Å². The first kappa shape index (κ1) is 15.9. The molecule has 0 amide bonds. The van der Waals surface area contributed by atoms with Gasteiger partial charge < -0.3 is 14.8 Å². The van der Waals surface area contributed by atoms with Gasteiger partial charge in [0, 0.05) is 6.07 Å². The van der Waals surface area contributed by atoms with E-state index in [1.54, 1.807) is 33.0 Å². The number of esters is 1. The fraction of sp³-hybridized carbons (Fsp3) is 0.462. The minimum Gasteiger partial charge on any atom is -0.484 e. The van der Waals surface area contributed by atoms with Crippen molar-refractivity contribution in [2.75, 3.05) is 20.8 Å². The van der Waals surface area contributed by atoms with Crippen molar-refractivity contribution in [2.45, 2.75) is 19.4 Å². The number of likely N-dealkylation sites (N-methyl/N-ethyl adjacent to an activating group) is 1. The average molecular weight is 282 g/mol. The number of benzene rings is 1. The number of rotatable bonds is 6. The van der Waals surface area contributed by atoms with Crippen LogP contribution < -0.4 is 10.1 Å². The van der Waals surface area contributed by atoms with Gasteiger partial charge in [-0.3, -0.25) is 10.1 Å². The molecular weight excluding hydrogens is 264 g/mol. The van der Waals surface area contributed by atoms with Crippen LogP contribution in [0.4, 0.5) is 5.69 Å². The van der Waals surface area contributed by atoms with Gasteiger partial charge in [0.05, 0.1) is 12.0 Å². The fourth-order valence-corrected chi connectivity index (χ4v) is 1.64. The Labute approximate surface area is 117 Å². The minimum atomic E-state index is -1.08. The third-order valence-corrected chi connectivity index (χ3v) is 3.08. The highest BCUT2D eigenvalue weighted by Gasteiger charge is 2.34. The van der Waals surface area contributed by atoms with Crippen molar-refractivity contribution in [3.05, 3.63) is 33.9 Å². The number of aryl methyl sites for hydroxylation is 1. The van der Waals surface area contributed by atoms with Crippen molar-refractivity contribution in [3.63, 3.8) is 0 Å². The molecule has 110 valence electrons. The van der Waals surface area contributed by atoms with E-state index in [1.165, 1.54) is 13.2 Å². The normalized spacial score (nSPS) is 13.4. The lowest BCUT2D eigenvalue weighted by Gasteiger charge is -2.26. The Balaban J connectivity index is 3.00. The molecule has 1 aromatic rings. The lowest BCUT2D eigenvalue weighted by molar-refractivity contribution is -0.386. The molecule has 1 rings (SSSR count). The number of ether oxygens (including phenoxy) is 2. The molecule has 0 radical (unpaired) electrons. The maximum atomic E-state index is 11.7. The second-order valence-corrected chi connectivity index (χ2v) is 4.54. The third-order valence-electron chi connectivity index (χ3n) is 3.08. The summed E-state index contributed by atoms with van der Waals surface area (Å²) >= 11 is 0. The highest BCUT2D eigenvalue weighted by molar-refractivity contribution is 5.80. The molecule has 20 heavy (non-hydrogen) atoms. The van der Waals surface area contributed by atoms with Gasteiger partial charge in [-0.1, -0.05) is 12.1 Å². The molecule has 0 aromatic heterocycles. The number of carbonyl (C=O) groups excluding carboxylic acids is 1. The van der Waals surface area contributed by atoms with Crippen molar-refractivity contribution < 1.29 is 19.2 Å². The molecule has 0 aliphatic heterocycles. The fourth-order valence-electron chi connectivity index (χ4n) is 1.64. The summed E-state index contributed by atoms with van der Waals surface area (Å²) in [6, 6.07) is 4.65. The summed E-state index contributed by atoms with van der Waals surface area (Å²) in [7, 11) is 2.86. The number of nitrogens with one attached hydrogen (secondary N) is 1. The Morgan fingerprint density at radius 1 is 1.50 bits per heavy atom. The lowest BCUT2D eigenvalue weighted by Crippen LogP contribution is -2.52. The van der Waals surface area contributed by atoms with Crippen LogP contribution in [0, 0.1) is 17.0 Å². The Hall–Kier alpha value is -2.15.